The minimum atomic E-state index is -0.687. The molecule has 8 heteroatoms. The van der Waals surface area contributed by atoms with Crippen molar-refractivity contribution in [3.63, 3.8) is 0 Å². The van der Waals surface area contributed by atoms with Crippen LogP contribution >= 0.6 is 24.0 Å². The zero-order chi connectivity index (χ0) is 23.5. The molecule has 0 aliphatic rings. The largest absolute Gasteiger partial charge is 0.496 e. The Labute approximate surface area is 215 Å². The monoisotopic (exact) mass is 570 g/mol. The molecule has 7 nitrogen and oxygen atoms in total. The van der Waals surface area contributed by atoms with E-state index < -0.39 is 6.10 Å². The molecule has 0 fully saturated rings. The first-order valence-electron chi connectivity index (χ1n) is 11.1. The predicted octanol–water partition coefficient (Wildman–Crippen LogP) is 3.99. The number of nitrogens with zero attached hydrogens (tertiary/aromatic N) is 2. The highest BCUT2D eigenvalue weighted by molar-refractivity contribution is 14.0. The Morgan fingerprint density at radius 3 is 2.45 bits per heavy atom. The lowest BCUT2D eigenvalue weighted by Gasteiger charge is -2.25. The van der Waals surface area contributed by atoms with Crippen LogP contribution in [-0.4, -0.2) is 62.9 Å². The molecule has 0 heterocycles. The van der Waals surface area contributed by atoms with Crippen LogP contribution in [0.2, 0.25) is 0 Å². The Morgan fingerprint density at radius 2 is 1.82 bits per heavy atom. The number of hydrogen-bond acceptors (Lipinski definition) is 5. The molecule has 0 radical (unpaired) electrons. The first-order valence-corrected chi connectivity index (χ1v) is 11.1. The SMILES string of the molecule is CCNC(=NCC(c1ccccc1OC)N(C)C)NCC(O)c1cccc(OC(C)C)c1.I. The molecular weight excluding hydrogens is 531 g/mol. The Bertz CT molecular complexity index is 861. The van der Waals surface area contributed by atoms with Gasteiger partial charge in [-0.3, -0.25) is 4.99 Å². The standard InChI is InChI=1S/C25H38N4O3.HI/c1-7-26-25(27-16-22(29(4)5)21-13-8-9-14-24(21)31-6)28-17-23(30)19-11-10-12-20(15-19)32-18(2)3;/h8-15,18,22-23,30H,7,16-17H2,1-6H3,(H2,26,27,28);1H. The summed E-state index contributed by atoms with van der Waals surface area (Å²) < 4.78 is 11.3. The normalized spacial score (nSPS) is 13.3. The maximum absolute atomic E-state index is 10.7. The van der Waals surface area contributed by atoms with Crippen molar-refractivity contribution in [2.24, 2.45) is 4.99 Å². The molecule has 184 valence electrons. The average Bonchev–Trinajstić information content (AvgIpc) is 2.77. The third-order valence-corrected chi connectivity index (χ3v) is 4.97. The van der Waals surface area contributed by atoms with E-state index >= 15 is 0 Å². The fourth-order valence-corrected chi connectivity index (χ4v) is 3.38. The molecule has 0 saturated carbocycles. The summed E-state index contributed by atoms with van der Waals surface area (Å²) in [6.45, 7) is 7.57. The minimum absolute atomic E-state index is 0. The summed E-state index contributed by atoms with van der Waals surface area (Å²) in [5, 5.41) is 17.2. The quantitative estimate of drug-likeness (QED) is 0.216. The van der Waals surface area contributed by atoms with Crippen LogP contribution in [0.5, 0.6) is 11.5 Å². The molecular formula is C25H39IN4O3. The summed E-state index contributed by atoms with van der Waals surface area (Å²) in [5.41, 5.74) is 1.88. The van der Waals surface area contributed by atoms with E-state index in [0.29, 0.717) is 19.0 Å². The molecule has 0 saturated heterocycles. The number of rotatable bonds is 11. The number of aliphatic hydroxyl groups is 1. The maximum atomic E-state index is 10.7. The van der Waals surface area contributed by atoms with E-state index in [0.717, 1.165) is 29.2 Å². The number of benzene rings is 2. The van der Waals surface area contributed by atoms with Crippen molar-refractivity contribution in [1.29, 1.82) is 0 Å². The second-order valence-electron chi connectivity index (χ2n) is 8.08. The lowest BCUT2D eigenvalue weighted by atomic mass is 10.0. The fourth-order valence-electron chi connectivity index (χ4n) is 3.38. The molecule has 33 heavy (non-hydrogen) atoms. The van der Waals surface area contributed by atoms with Gasteiger partial charge in [-0.25, -0.2) is 0 Å². The third-order valence-electron chi connectivity index (χ3n) is 4.97. The summed E-state index contributed by atoms with van der Waals surface area (Å²) in [5.74, 6) is 2.25. The smallest absolute Gasteiger partial charge is 0.191 e. The molecule has 2 unspecified atom stereocenters. The summed E-state index contributed by atoms with van der Waals surface area (Å²) in [6.07, 6.45) is -0.602. The number of aliphatic imine (C=N–C) groups is 1. The van der Waals surface area contributed by atoms with Gasteiger partial charge in [-0.05, 0) is 58.6 Å². The molecule has 0 bridgehead atoms. The first-order chi connectivity index (χ1) is 15.3. The van der Waals surface area contributed by atoms with Crippen LogP contribution in [0.15, 0.2) is 53.5 Å². The van der Waals surface area contributed by atoms with Crippen LogP contribution in [0.4, 0.5) is 0 Å². The summed E-state index contributed by atoms with van der Waals surface area (Å²) in [7, 11) is 5.74. The molecule has 0 amide bonds. The summed E-state index contributed by atoms with van der Waals surface area (Å²) in [6, 6.07) is 15.6. The highest BCUT2D eigenvalue weighted by Gasteiger charge is 2.18. The number of likely N-dealkylation sites (N-methyl/N-ethyl adjacent to an activating group) is 1. The van der Waals surface area contributed by atoms with Crippen LogP contribution in [0.3, 0.4) is 0 Å². The molecule has 2 rings (SSSR count). The summed E-state index contributed by atoms with van der Waals surface area (Å²) >= 11 is 0. The number of ether oxygens (including phenoxy) is 2. The van der Waals surface area contributed by atoms with E-state index in [1.807, 2.05) is 77.3 Å². The number of aliphatic hydroxyl groups excluding tert-OH is 1. The van der Waals surface area contributed by atoms with Crippen LogP contribution in [-0.2, 0) is 0 Å². The van der Waals surface area contributed by atoms with Crippen LogP contribution < -0.4 is 20.1 Å². The Morgan fingerprint density at radius 1 is 1.09 bits per heavy atom. The van der Waals surface area contributed by atoms with E-state index in [9.17, 15) is 5.11 Å². The predicted molar refractivity (Wildman–Crippen MR) is 146 cm³/mol. The maximum Gasteiger partial charge on any atom is 0.191 e. The Balaban J connectivity index is 0.00000544. The van der Waals surface area contributed by atoms with Gasteiger partial charge in [-0.15, -0.1) is 24.0 Å². The van der Waals surface area contributed by atoms with Crippen molar-refractivity contribution in [2.45, 2.75) is 39.0 Å². The van der Waals surface area contributed by atoms with Gasteiger partial charge in [0, 0.05) is 18.7 Å². The molecule has 2 aromatic carbocycles. The van der Waals surface area contributed by atoms with Gasteiger partial charge in [0.05, 0.1) is 31.9 Å². The van der Waals surface area contributed by atoms with E-state index in [2.05, 4.69) is 21.6 Å². The number of halogens is 1. The third kappa shape index (κ3) is 9.38. The van der Waals surface area contributed by atoms with E-state index in [4.69, 9.17) is 14.5 Å². The number of nitrogens with one attached hydrogen (secondary N) is 2. The number of hydrogen-bond donors (Lipinski definition) is 3. The molecule has 0 aromatic heterocycles. The van der Waals surface area contributed by atoms with Gasteiger partial charge < -0.3 is 30.1 Å². The Kier molecular flexibility index (Phi) is 13.2. The molecule has 2 atom stereocenters. The van der Waals surface area contributed by atoms with Crippen molar-refractivity contribution >= 4 is 29.9 Å². The van der Waals surface area contributed by atoms with E-state index in [-0.39, 0.29) is 36.1 Å². The number of guanidine groups is 1. The van der Waals surface area contributed by atoms with Crippen molar-refractivity contribution in [3.8, 4) is 11.5 Å². The van der Waals surface area contributed by atoms with Gasteiger partial charge >= 0.3 is 0 Å². The van der Waals surface area contributed by atoms with Gasteiger partial charge in [-0.2, -0.15) is 0 Å². The van der Waals surface area contributed by atoms with Gasteiger partial charge in [0.15, 0.2) is 5.96 Å². The van der Waals surface area contributed by atoms with Gasteiger partial charge in [0.1, 0.15) is 11.5 Å². The Hall–Kier alpha value is -2.04. The number of methoxy groups -OCH3 is 1. The van der Waals surface area contributed by atoms with Crippen molar-refractivity contribution < 1.29 is 14.6 Å². The highest BCUT2D eigenvalue weighted by atomic mass is 127. The molecule has 3 N–H and O–H groups in total. The van der Waals surface area contributed by atoms with Crippen LogP contribution in [0.25, 0.3) is 0 Å². The number of para-hydroxylation sites is 1. The lowest BCUT2D eigenvalue weighted by Crippen LogP contribution is -2.40. The highest BCUT2D eigenvalue weighted by Crippen LogP contribution is 2.28. The molecule has 0 spiro atoms. The van der Waals surface area contributed by atoms with Crippen molar-refractivity contribution in [2.75, 3.05) is 40.8 Å². The molecule has 0 aliphatic carbocycles. The fraction of sp³-hybridized carbons (Fsp3) is 0.480. The van der Waals surface area contributed by atoms with Gasteiger partial charge in [0.25, 0.3) is 0 Å². The average molecular weight is 571 g/mol. The first kappa shape index (κ1) is 29.0. The zero-order valence-electron chi connectivity index (χ0n) is 20.5. The van der Waals surface area contributed by atoms with Gasteiger partial charge in [0.2, 0.25) is 0 Å². The van der Waals surface area contributed by atoms with Crippen molar-refractivity contribution in [1.82, 2.24) is 15.5 Å². The second-order valence-corrected chi connectivity index (χ2v) is 8.08. The van der Waals surface area contributed by atoms with Crippen LogP contribution in [0, 0.1) is 0 Å². The van der Waals surface area contributed by atoms with Crippen molar-refractivity contribution in [3.05, 3.63) is 59.7 Å². The topological polar surface area (TPSA) is 78.4 Å². The van der Waals surface area contributed by atoms with E-state index in [1.54, 1.807) is 7.11 Å². The summed E-state index contributed by atoms with van der Waals surface area (Å²) in [4.78, 5) is 6.90. The van der Waals surface area contributed by atoms with E-state index in [1.165, 1.54) is 0 Å². The van der Waals surface area contributed by atoms with Gasteiger partial charge in [-0.1, -0.05) is 30.3 Å². The lowest BCUT2D eigenvalue weighted by molar-refractivity contribution is 0.179. The van der Waals surface area contributed by atoms with Crippen LogP contribution in [0.1, 0.15) is 44.0 Å². The minimum Gasteiger partial charge on any atom is -0.496 e. The zero-order valence-corrected chi connectivity index (χ0v) is 22.9. The molecule has 0 aliphatic heterocycles. The second kappa shape index (κ2) is 15.0. The molecule has 2 aromatic rings.